The van der Waals surface area contributed by atoms with Gasteiger partial charge in [-0.05, 0) is 38.1 Å². The van der Waals surface area contributed by atoms with Crippen molar-refractivity contribution < 1.29 is 32.2 Å². The van der Waals surface area contributed by atoms with Gasteiger partial charge in [-0.3, -0.25) is 9.59 Å². The fraction of sp³-hybridized carbons (Fsp3) is 0.263. The number of carbonyl (C=O) groups is 2. The number of halogens is 3. The van der Waals surface area contributed by atoms with E-state index in [1.54, 1.807) is 18.2 Å². The molecule has 9 heteroatoms. The summed E-state index contributed by atoms with van der Waals surface area (Å²) in [5.74, 6) is -5.24. The second-order valence-electron chi connectivity index (χ2n) is 6.61. The maximum atomic E-state index is 13.8. The Balaban J connectivity index is 1.73. The van der Waals surface area contributed by atoms with Crippen LogP contribution in [0.5, 0.6) is 11.5 Å². The van der Waals surface area contributed by atoms with Crippen LogP contribution in [0.25, 0.3) is 0 Å². The van der Waals surface area contributed by atoms with E-state index in [9.17, 15) is 22.8 Å². The average molecular weight is 394 g/mol. The summed E-state index contributed by atoms with van der Waals surface area (Å²) < 4.78 is 50.9. The predicted octanol–water partition coefficient (Wildman–Crippen LogP) is 3.48. The lowest BCUT2D eigenvalue weighted by atomic mass is 9.90. The Morgan fingerprint density at radius 3 is 2.25 bits per heavy atom. The Morgan fingerprint density at radius 1 is 0.893 bits per heavy atom. The third kappa shape index (κ3) is 3.73. The summed E-state index contributed by atoms with van der Waals surface area (Å²) in [5.41, 5.74) is -1.84. The minimum Gasteiger partial charge on any atom is -0.486 e. The van der Waals surface area contributed by atoms with Gasteiger partial charge in [0.05, 0.1) is 5.69 Å². The molecule has 0 bridgehead atoms. The maximum Gasteiger partial charge on any atom is 0.239 e. The number of hydrogen-bond donors (Lipinski definition) is 2. The number of amides is 2. The van der Waals surface area contributed by atoms with Gasteiger partial charge in [-0.1, -0.05) is 0 Å². The van der Waals surface area contributed by atoms with E-state index in [0.29, 0.717) is 36.5 Å². The van der Waals surface area contributed by atoms with Gasteiger partial charge in [0.1, 0.15) is 18.6 Å². The molecule has 2 N–H and O–H groups in total. The second kappa shape index (κ2) is 7.41. The molecule has 2 amide bonds. The lowest BCUT2D eigenvalue weighted by Crippen LogP contribution is -2.41. The number of rotatable bonds is 4. The van der Waals surface area contributed by atoms with Gasteiger partial charge in [0, 0.05) is 11.8 Å². The number of benzene rings is 2. The quantitative estimate of drug-likeness (QED) is 0.615. The first-order chi connectivity index (χ1) is 13.2. The normalized spacial score (nSPS) is 13.0. The standard InChI is InChI=1S/C19H17F3N2O4/c1-19(2,18(26)24-12-5-4-11(20)15(21)16(12)22)17(25)23-10-3-6-13-14(9-10)28-8-7-27-13/h3-6,9H,7-8H2,1-2H3,(H,23,25)(H,24,26). The highest BCUT2D eigenvalue weighted by Crippen LogP contribution is 2.33. The van der Waals surface area contributed by atoms with E-state index < -0.39 is 40.4 Å². The fourth-order valence-electron chi connectivity index (χ4n) is 2.41. The molecule has 0 atom stereocenters. The van der Waals surface area contributed by atoms with Gasteiger partial charge < -0.3 is 20.1 Å². The van der Waals surface area contributed by atoms with E-state index in [1.807, 2.05) is 0 Å². The van der Waals surface area contributed by atoms with Crippen molar-refractivity contribution in [2.75, 3.05) is 23.8 Å². The molecule has 28 heavy (non-hydrogen) atoms. The summed E-state index contributed by atoms with van der Waals surface area (Å²) in [6.45, 7) is 3.42. The molecule has 0 fully saturated rings. The number of ether oxygens (including phenoxy) is 2. The molecule has 1 aliphatic heterocycles. The van der Waals surface area contributed by atoms with Crippen LogP contribution in [0.2, 0.25) is 0 Å². The average Bonchev–Trinajstić information content (AvgIpc) is 2.68. The van der Waals surface area contributed by atoms with E-state index >= 15 is 0 Å². The third-order valence-corrected chi connectivity index (χ3v) is 4.22. The SMILES string of the molecule is CC(C)(C(=O)Nc1ccc2c(c1)OCCO2)C(=O)Nc1ccc(F)c(F)c1F. The first-order valence-electron chi connectivity index (χ1n) is 8.36. The first-order valence-corrected chi connectivity index (χ1v) is 8.36. The van der Waals surface area contributed by atoms with Crippen molar-refractivity contribution in [1.82, 2.24) is 0 Å². The van der Waals surface area contributed by atoms with Crippen molar-refractivity contribution >= 4 is 23.2 Å². The van der Waals surface area contributed by atoms with Crippen LogP contribution in [-0.2, 0) is 9.59 Å². The summed E-state index contributed by atoms with van der Waals surface area (Å²) in [6.07, 6.45) is 0. The van der Waals surface area contributed by atoms with E-state index in [4.69, 9.17) is 9.47 Å². The minimum absolute atomic E-state index is 0.370. The molecule has 0 aliphatic carbocycles. The monoisotopic (exact) mass is 394 g/mol. The van der Waals surface area contributed by atoms with Crippen molar-refractivity contribution in [3.63, 3.8) is 0 Å². The van der Waals surface area contributed by atoms with Crippen LogP contribution >= 0.6 is 0 Å². The van der Waals surface area contributed by atoms with Crippen molar-refractivity contribution in [1.29, 1.82) is 0 Å². The summed E-state index contributed by atoms with van der Waals surface area (Å²) in [5, 5.41) is 4.68. The largest absolute Gasteiger partial charge is 0.486 e. The Bertz CT molecular complexity index is 947. The molecule has 2 aromatic rings. The van der Waals surface area contributed by atoms with Crippen molar-refractivity contribution in [2.24, 2.45) is 5.41 Å². The molecule has 0 saturated heterocycles. The highest BCUT2D eigenvalue weighted by molar-refractivity contribution is 6.14. The number of anilines is 2. The molecule has 0 saturated carbocycles. The molecule has 2 aromatic carbocycles. The molecular weight excluding hydrogens is 377 g/mol. The van der Waals surface area contributed by atoms with E-state index in [2.05, 4.69) is 10.6 Å². The Labute approximate surface area is 158 Å². The van der Waals surface area contributed by atoms with Gasteiger partial charge in [0.2, 0.25) is 11.8 Å². The van der Waals surface area contributed by atoms with Gasteiger partial charge >= 0.3 is 0 Å². The summed E-state index contributed by atoms with van der Waals surface area (Å²) in [4.78, 5) is 25.0. The van der Waals surface area contributed by atoms with Crippen LogP contribution < -0.4 is 20.1 Å². The van der Waals surface area contributed by atoms with Crippen LogP contribution in [0.15, 0.2) is 30.3 Å². The molecule has 1 aliphatic rings. The van der Waals surface area contributed by atoms with E-state index in [1.165, 1.54) is 13.8 Å². The van der Waals surface area contributed by atoms with Crippen molar-refractivity contribution in [3.8, 4) is 11.5 Å². The summed E-state index contributed by atoms with van der Waals surface area (Å²) in [6, 6.07) is 6.30. The van der Waals surface area contributed by atoms with E-state index in [-0.39, 0.29) is 0 Å². The summed E-state index contributed by atoms with van der Waals surface area (Å²) in [7, 11) is 0. The van der Waals surface area contributed by atoms with Gasteiger partial charge in [-0.15, -0.1) is 0 Å². The maximum absolute atomic E-state index is 13.8. The molecule has 1 heterocycles. The molecular formula is C19H17F3N2O4. The second-order valence-corrected chi connectivity index (χ2v) is 6.61. The zero-order valence-corrected chi connectivity index (χ0v) is 15.1. The number of fused-ring (bicyclic) bond motifs is 1. The van der Waals surface area contributed by atoms with Crippen LogP contribution in [0.4, 0.5) is 24.5 Å². The zero-order valence-electron chi connectivity index (χ0n) is 15.1. The number of nitrogens with one attached hydrogen (secondary N) is 2. The van der Waals surface area contributed by atoms with Crippen LogP contribution in [0.1, 0.15) is 13.8 Å². The number of hydrogen-bond acceptors (Lipinski definition) is 4. The molecule has 3 rings (SSSR count). The highest BCUT2D eigenvalue weighted by atomic mass is 19.2. The molecule has 0 spiro atoms. The minimum atomic E-state index is -1.71. The Kier molecular flexibility index (Phi) is 5.17. The lowest BCUT2D eigenvalue weighted by Gasteiger charge is -2.24. The Morgan fingerprint density at radius 2 is 1.54 bits per heavy atom. The van der Waals surface area contributed by atoms with Gasteiger partial charge in [0.25, 0.3) is 0 Å². The third-order valence-electron chi connectivity index (χ3n) is 4.22. The fourth-order valence-corrected chi connectivity index (χ4v) is 2.41. The molecule has 148 valence electrons. The van der Waals surface area contributed by atoms with Gasteiger partial charge in [-0.25, -0.2) is 13.2 Å². The molecule has 0 unspecified atom stereocenters. The molecule has 0 aromatic heterocycles. The zero-order chi connectivity index (χ0) is 20.5. The van der Waals surface area contributed by atoms with Crippen LogP contribution in [-0.4, -0.2) is 25.0 Å². The van der Waals surface area contributed by atoms with Crippen LogP contribution in [0.3, 0.4) is 0 Å². The lowest BCUT2D eigenvalue weighted by molar-refractivity contribution is -0.135. The first kappa shape index (κ1) is 19.5. The number of carbonyl (C=O) groups excluding carboxylic acids is 2. The van der Waals surface area contributed by atoms with Gasteiger partial charge in [0.15, 0.2) is 29.0 Å². The van der Waals surface area contributed by atoms with Gasteiger partial charge in [-0.2, -0.15) is 0 Å². The van der Waals surface area contributed by atoms with Crippen molar-refractivity contribution in [3.05, 3.63) is 47.8 Å². The van der Waals surface area contributed by atoms with Crippen molar-refractivity contribution in [2.45, 2.75) is 13.8 Å². The Hall–Kier alpha value is -3.23. The highest BCUT2D eigenvalue weighted by Gasteiger charge is 2.37. The predicted molar refractivity (Wildman–Crippen MR) is 94.8 cm³/mol. The summed E-state index contributed by atoms with van der Waals surface area (Å²) >= 11 is 0. The molecule has 0 radical (unpaired) electrons. The topological polar surface area (TPSA) is 76.7 Å². The van der Waals surface area contributed by atoms with E-state index in [0.717, 1.165) is 6.07 Å². The molecule has 6 nitrogen and oxygen atoms in total. The smallest absolute Gasteiger partial charge is 0.239 e. The van der Waals surface area contributed by atoms with Crippen LogP contribution in [0, 0.1) is 22.9 Å².